The minimum absolute atomic E-state index is 0.224. The molecule has 0 bridgehead atoms. The van der Waals surface area contributed by atoms with Gasteiger partial charge < -0.3 is 16.3 Å². The van der Waals surface area contributed by atoms with Crippen LogP contribution in [0, 0.1) is 5.41 Å². The van der Waals surface area contributed by atoms with Gasteiger partial charge in [-0.3, -0.25) is 0 Å². The van der Waals surface area contributed by atoms with Crippen LogP contribution in [0.5, 0.6) is 0 Å². The fourth-order valence-corrected chi connectivity index (χ4v) is 2.93. The topological polar surface area (TPSA) is 70.6 Å². The Hall–Kier alpha value is -1.07. The first-order valence-electron chi connectivity index (χ1n) is 7.26. The molecule has 1 heterocycles. The zero-order chi connectivity index (χ0) is 15.0. The summed E-state index contributed by atoms with van der Waals surface area (Å²) in [5, 5.41) is 15.3. The van der Waals surface area contributed by atoms with Gasteiger partial charge in [0, 0.05) is 21.7 Å². The molecule has 1 aromatic rings. The number of hydrogen-bond acceptors (Lipinski definition) is 4. The first-order valence-corrected chi connectivity index (χ1v) is 8.07. The SMILES string of the molecule is CCc1ccc(CNCCCCC(C)(C)/C(N)=N/O)s1. The van der Waals surface area contributed by atoms with E-state index in [0.29, 0.717) is 5.84 Å². The van der Waals surface area contributed by atoms with Crippen molar-refractivity contribution < 1.29 is 5.21 Å². The summed E-state index contributed by atoms with van der Waals surface area (Å²) >= 11 is 1.89. The second-order valence-electron chi connectivity index (χ2n) is 5.72. The Labute approximate surface area is 126 Å². The average molecular weight is 297 g/mol. The molecule has 4 nitrogen and oxygen atoms in total. The van der Waals surface area contributed by atoms with Crippen LogP contribution in [0.3, 0.4) is 0 Å². The van der Waals surface area contributed by atoms with Crippen molar-refractivity contribution in [2.75, 3.05) is 6.54 Å². The lowest BCUT2D eigenvalue weighted by Gasteiger charge is -2.22. The second kappa shape index (κ2) is 8.27. The molecule has 114 valence electrons. The predicted molar refractivity (Wildman–Crippen MR) is 86.4 cm³/mol. The van der Waals surface area contributed by atoms with E-state index in [2.05, 4.69) is 29.5 Å². The van der Waals surface area contributed by atoms with Gasteiger partial charge in [-0.2, -0.15) is 0 Å². The van der Waals surface area contributed by atoms with Crippen LogP contribution in [-0.4, -0.2) is 17.6 Å². The van der Waals surface area contributed by atoms with E-state index in [9.17, 15) is 0 Å². The maximum Gasteiger partial charge on any atom is 0.144 e. The molecular formula is C15H27N3OS. The zero-order valence-corrected chi connectivity index (χ0v) is 13.6. The molecule has 0 atom stereocenters. The van der Waals surface area contributed by atoms with Crippen LogP contribution >= 0.6 is 11.3 Å². The van der Waals surface area contributed by atoms with Crippen LogP contribution in [0.25, 0.3) is 0 Å². The number of nitrogens with one attached hydrogen (secondary N) is 1. The van der Waals surface area contributed by atoms with Gasteiger partial charge >= 0.3 is 0 Å². The molecular weight excluding hydrogens is 270 g/mol. The van der Waals surface area contributed by atoms with Crippen LogP contribution in [0.15, 0.2) is 17.3 Å². The van der Waals surface area contributed by atoms with E-state index in [4.69, 9.17) is 10.9 Å². The third-order valence-corrected chi connectivity index (χ3v) is 4.80. The molecule has 0 aliphatic heterocycles. The van der Waals surface area contributed by atoms with E-state index in [1.165, 1.54) is 9.75 Å². The summed E-state index contributed by atoms with van der Waals surface area (Å²) in [4.78, 5) is 2.85. The van der Waals surface area contributed by atoms with Gasteiger partial charge in [-0.1, -0.05) is 32.3 Å². The molecule has 0 aliphatic rings. The first kappa shape index (κ1) is 17.0. The number of oxime groups is 1. The van der Waals surface area contributed by atoms with Crippen LogP contribution < -0.4 is 11.1 Å². The number of nitrogens with two attached hydrogens (primary N) is 1. The Morgan fingerprint density at radius 3 is 2.65 bits per heavy atom. The van der Waals surface area contributed by atoms with Gasteiger partial charge in [0.2, 0.25) is 0 Å². The molecule has 5 heteroatoms. The number of rotatable bonds is 9. The van der Waals surface area contributed by atoms with Gasteiger partial charge in [0.15, 0.2) is 0 Å². The summed E-state index contributed by atoms with van der Waals surface area (Å²) in [7, 11) is 0. The van der Waals surface area contributed by atoms with Crippen molar-refractivity contribution in [3.05, 3.63) is 21.9 Å². The van der Waals surface area contributed by atoms with E-state index in [-0.39, 0.29) is 5.41 Å². The average Bonchev–Trinajstić information content (AvgIpc) is 2.89. The standard InChI is InChI=1S/C15H27N3OS/c1-4-12-7-8-13(20-12)11-17-10-6-5-9-15(2,3)14(16)18-19/h7-8,17,19H,4-6,9-11H2,1-3H3,(H2,16,18). The maximum atomic E-state index is 8.71. The molecule has 0 radical (unpaired) electrons. The van der Waals surface area contributed by atoms with Crippen LogP contribution in [0.4, 0.5) is 0 Å². The lowest BCUT2D eigenvalue weighted by atomic mass is 9.86. The highest BCUT2D eigenvalue weighted by atomic mass is 32.1. The van der Waals surface area contributed by atoms with E-state index < -0.39 is 0 Å². The molecule has 20 heavy (non-hydrogen) atoms. The van der Waals surface area contributed by atoms with Crippen LogP contribution in [-0.2, 0) is 13.0 Å². The lowest BCUT2D eigenvalue weighted by Crippen LogP contribution is -2.32. The third kappa shape index (κ3) is 5.51. The lowest BCUT2D eigenvalue weighted by molar-refractivity contribution is 0.304. The van der Waals surface area contributed by atoms with Crippen molar-refractivity contribution in [3.8, 4) is 0 Å². The monoisotopic (exact) mass is 297 g/mol. The molecule has 0 aliphatic carbocycles. The Balaban J connectivity index is 2.13. The van der Waals surface area contributed by atoms with Gasteiger partial charge in [-0.25, -0.2) is 0 Å². The number of aryl methyl sites for hydroxylation is 1. The van der Waals surface area contributed by atoms with Crippen molar-refractivity contribution in [2.24, 2.45) is 16.3 Å². The molecule has 0 aromatic carbocycles. The van der Waals surface area contributed by atoms with E-state index in [0.717, 1.165) is 38.8 Å². The van der Waals surface area contributed by atoms with E-state index in [1.807, 2.05) is 25.2 Å². The molecule has 1 rings (SSSR count). The van der Waals surface area contributed by atoms with Crippen molar-refractivity contribution in [1.29, 1.82) is 0 Å². The Morgan fingerprint density at radius 1 is 1.35 bits per heavy atom. The number of hydrogen-bond donors (Lipinski definition) is 3. The smallest absolute Gasteiger partial charge is 0.144 e. The number of amidine groups is 1. The molecule has 0 fully saturated rings. The van der Waals surface area contributed by atoms with Crippen molar-refractivity contribution in [1.82, 2.24) is 5.32 Å². The van der Waals surface area contributed by atoms with Gasteiger partial charge in [-0.05, 0) is 37.9 Å². The number of thiophene rings is 1. The molecule has 1 aromatic heterocycles. The molecule has 0 saturated heterocycles. The number of unbranched alkanes of at least 4 members (excludes halogenated alkanes) is 1. The summed E-state index contributed by atoms with van der Waals surface area (Å²) < 4.78 is 0. The van der Waals surface area contributed by atoms with Gasteiger partial charge in [0.1, 0.15) is 5.84 Å². The molecule has 0 spiro atoms. The Morgan fingerprint density at radius 2 is 2.05 bits per heavy atom. The highest BCUT2D eigenvalue weighted by molar-refractivity contribution is 7.11. The second-order valence-corrected chi connectivity index (χ2v) is 6.98. The fraction of sp³-hybridized carbons (Fsp3) is 0.667. The van der Waals surface area contributed by atoms with Crippen LogP contribution in [0.2, 0.25) is 0 Å². The van der Waals surface area contributed by atoms with Crippen LogP contribution in [0.1, 0.15) is 49.8 Å². The van der Waals surface area contributed by atoms with E-state index in [1.54, 1.807) is 0 Å². The molecule has 0 saturated carbocycles. The Kier molecular flexibility index (Phi) is 7.02. The highest BCUT2D eigenvalue weighted by Gasteiger charge is 2.22. The predicted octanol–water partition coefficient (Wildman–Crippen LogP) is 3.34. The largest absolute Gasteiger partial charge is 0.409 e. The van der Waals surface area contributed by atoms with E-state index >= 15 is 0 Å². The summed E-state index contributed by atoms with van der Waals surface area (Å²) in [6.45, 7) is 8.16. The summed E-state index contributed by atoms with van der Waals surface area (Å²) in [5.41, 5.74) is 5.45. The fourth-order valence-electron chi connectivity index (χ4n) is 2.00. The van der Waals surface area contributed by atoms with Crippen molar-refractivity contribution in [3.63, 3.8) is 0 Å². The Bertz CT molecular complexity index is 427. The summed E-state index contributed by atoms with van der Waals surface area (Å²) in [6, 6.07) is 4.42. The first-order chi connectivity index (χ1) is 9.49. The maximum absolute atomic E-state index is 8.71. The van der Waals surface area contributed by atoms with Gasteiger partial charge in [-0.15, -0.1) is 11.3 Å². The highest BCUT2D eigenvalue weighted by Crippen LogP contribution is 2.23. The third-order valence-electron chi connectivity index (χ3n) is 3.57. The zero-order valence-electron chi connectivity index (χ0n) is 12.8. The van der Waals surface area contributed by atoms with Crippen molar-refractivity contribution >= 4 is 17.2 Å². The minimum Gasteiger partial charge on any atom is -0.409 e. The minimum atomic E-state index is -0.224. The molecule has 4 N–H and O–H groups in total. The summed E-state index contributed by atoms with van der Waals surface area (Å²) in [5.74, 6) is 0.316. The normalized spacial score (nSPS) is 12.8. The van der Waals surface area contributed by atoms with Gasteiger partial charge in [0.25, 0.3) is 0 Å². The molecule has 0 unspecified atom stereocenters. The quantitative estimate of drug-likeness (QED) is 0.215. The van der Waals surface area contributed by atoms with Gasteiger partial charge in [0.05, 0.1) is 0 Å². The summed E-state index contributed by atoms with van der Waals surface area (Å²) in [6.07, 6.45) is 4.23. The molecule has 0 amide bonds. The number of nitrogens with zero attached hydrogens (tertiary/aromatic N) is 1. The van der Waals surface area contributed by atoms with Crippen molar-refractivity contribution in [2.45, 2.75) is 53.0 Å².